The van der Waals surface area contributed by atoms with E-state index in [1.165, 1.54) is 4.90 Å². The van der Waals surface area contributed by atoms with Crippen molar-refractivity contribution in [3.05, 3.63) is 60.2 Å². The van der Waals surface area contributed by atoms with Crippen LogP contribution in [0.4, 0.5) is 16.2 Å². The van der Waals surface area contributed by atoms with Crippen LogP contribution in [0.25, 0.3) is 0 Å². The van der Waals surface area contributed by atoms with Crippen molar-refractivity contribution < 1.29 is 19.1 Å². The van der Waals surface area contributed by atoms with Gasteiger partial charge in [-0.3, -0.25) is 14.9 Å². The predicted octanol–water partition coefficient (Wildman–Crippen LogP) is 4.91. The first kappa shape index (κ1) is 22.1. The van der Waals surface area contributed by atoms with Crippen molar-refractivity contribution >= 4 is 29.2 Å². The van der Waals surface area contributed by atoms with Gasteiger partial charge in [0.15, 0.2) is 0 Å². The summed E-state index contributed by atoms with van der Waals surface area (Å²) in [5.41, 5.74) is 0.511. The fourth-order valence-electron chi connectivity index (χ4n) is 2.72. The Morgan fingerprint density at radius 1 is 0.966 bits per heavy atom. The molecule has 0 unspecified atom stereocenters. The summed E-state index contributed by atoms with van der Waals surface area (Å²) in [7, 11) is 0. The van der Waals surface area contributed by atoms with Gasteiger partial charge in [0.1, 0.15) is 5.60 Å². The Labute approximate surface area is 171 Å². The minimum Gasteiger partial charge on any atom is -0.444 e. The molecule has 0 aliphatic rings. The molecule has 0 aromatic heterocycles. The van der Waals surface area contributed by atoms with Crippen LogP contribution in [0.15, 0.2) is 54.6 Å². The second-order valence-corrected chi connectivity index (χ2v) is 8.15. The number of para-hydroxylation sites is 2. The fourth-order valence-corrected chi connectivity index (χ4v) is 2.72. The third-order valence-electron chi connectivity index (χ3n) is 3.85. The van der Waals surface area contributed by atoms with E-state index in [4.69, 9.17) is 4.74 Å². The van der Waals surface area contributed by atoms with Crippen molar-refractivity contribution in [1.29, 1.82) is 0 Å². The van der Waals surface area contributed by atoms with Crippen LogP contribution in [-0.4, -0.2) is 29.9 Å². The van der Waals surface area contributed by atoms with Gasteiger partial charge in [-0.25, -0.2) is 4.79 Å². The highest BCUT2D eigenvalue weighted by molar-refractivity contribution is 6.47. The molecule has 29 heavy (non-hydrogen) atoms. The Morgan fingerprint density at radius 2 is 1.55 bits per heavy atom. The molecule has 0 saturated heterocycles. The summed E-state index contributed by atoms with van der Waals surface area (Å²) in [4.78, 5) is 39.5. The molecule has 6 heteroatoms. The van der Waals surface area contributed by atoms with Crippen molar-refractivity contribution in [2.24, 2.45) is 5.92 Å². The molecule has 0 aliphatic heterocycles. The average Bonchev–Trinajstić information content (AvgIpc) is 2.64. The van der Waals surface area contributed by atoms with Crippen molar-refractivity contribution in [2.45, 2.75) is 40.2 Å². The third kappa shape index (κ3) is 6.45. The molecule has 2 amide bonds. The summed E-state index contributed by atoms with van der Waals surface area (Å²) in [5, 5.41) is 2.69. The maximum Gasteiger partial charge on any atom is 0.412 e. The number of hydrogen-bond acceptors (Lipinski definition) is 4. The highest BCUT2D eigenvalue weighted by Gasteiger charge is 2.27. The second-order valence-electron chi connectivity index (χ2n) is 8.15. The molecule has 0 aliphatic carbocycles. The number of carbonyl (C=O) groups is 3. The van der Waals surface area contributed by atoms with Crippen LogP contribution in [-0.2, 0) is 9.53 Å². The number of nitrogens with one attached hydrogen (secondary N) is 1. The third-order valence-corrected chi connectivity index (χ3v) is 3.85. The van der Waals surface area contributed by atoms with Crippen LogP contribution in [0.3, 0.4) is 0 Å². The molecule has 0 spiro atoms. The summed E-state index contributed by atoms with van der Waals surface area (Å²) in [5.74, 6) is -1.14. The van der Waals surface area contributed by atoms with E-state index in [1.54, 1.807) is 75.4 Å². The zero-order valence-electron chi connectivity index (χ0n) is 17.6. The molecule has 6 nitrogen and oxygen atoms in total. The second kappa shape index (κ2) is 9.37. The van der Waals surface area contributed by atoms with Crippen LogP contribution in [0.2, 0.25) is 0 Å². The molecule has 1 N–H and O–H groups in total. The number of nitrogens with zero attached hydrogens (tertiary/aromatic N) is 1. The molecule has 0 atom stereocenters. The smallest absolute Gasteiger partial charge is 0.412 e. The molecule has 0 saturated carbocycles. The van der Waals surface area contributed by atoms with Crippen molar-refractivity contribution in [1.82, 2.24) is 0 Å². The van der Waals surface area contributed by atoms with Gasteiger partial charge in [0.2, 0.25) is 0 Å². The minimum atomic E-state index is -0.657. The zero-order chi connectivity index (χ0) is 21.6. The standard InChI is InChI=1S/C23H28N2O4/c1-16(2)15-25(21(27)20(26)17-11-7-6-8-12-17)19-14-10-9-13-18(19)24-22(28)29-23(3,4)5/h6-14,16H,15H2,1-5H3,(H,24,28). The number of amides is 2. The molecular weight excluding hydrogens is 368 g/mol. The highest BCUT2D eigenvalue weighted by atomic mass is 16.6. The number of benzene rings is 2. The maximum atomic E-state index is 13.1. The number of rotatable bonds is 6. The van der Waals surface area contributed by atoms with E-state index in [0.29, 0.717) is 23.5 Å². The average molecular weight is 396 g/mol. The number of ether oxygens (including phenoxy) is 1. The summed E-state index contributed by atoms with van der Waals surface area (Å²) in [6.07, 6.45) is -0.628. The van der Waals surface area contributed by atoms with Gasteiger partial charge in [0.25, 0.3) is 11.7 Å². The van der Waals surface area contributed by atoms with Gasteiger partial charge >= 0.3 is 6.09 Å². The van der Waals surface area contributed by atoms with E-state index in [0.717, 1.165) is 0 Å². The van der Waals surface area contributed by atoms with Gasteiger partial charge in [-0.2, -0.15) is 0 Å². The topological polar surface area (TPSA) is 75.7 Å². The lowest BCUT2D eigenvalue weighted by Gasteiger charge is -2.27. The number of carbonyl (C=O) groups excluding carboxylic acids is 3. The van der Waals surface area contributed by atoms with E-state index in [2.05, 4.69) is 5.32 Å². The molecule has 2 rings (SSSR count). The Balaban J connectivity index is 2.36. The van der Waals surface area contributed by atoms with Crippen LogP contribution < -0.4 is 10.2 Å². The number of hydrogen-bond donors (Lipinski definition) is 1. The van der Waals surface area contributed by atoms with Gasteiger partial charge < -0.3 is 9.64 Å². The highest BCUT2D eigenvalue weighted by Crippen LogP contribution is 2.28. The zero-order valence-corrected chi connectivity index (χ0v) is 17.6. The SMILES string of the molecule is CC(C)CN(C(=O)C(=O)c1ccccc1)c1ccccc1NC(=O)OC(C)(C)C. The monoisotopic (exact) mass is 396 g/mol. The van der Waals surface area contributed by atoms with E-state index in [-0.39, 0.29) is 5.92 Å². The lowest BCUT2D eigenvalue weighted by Crippen LogP contribution is -2.40. The summed E-state index contributed by atoms with van der Waals surface area (Å²) >= 11 is 0. The van der Waals surface area contributed by atoms with Crippen molar-refractivity contribution in [3.63, 3.8) is 0 Å². The number of Topliss-reactive ketones (excluding diaryl/α,β-unsaturated/α-hetero) is 1. The van der Waals surface area contributed by atoms with E-state index >= 15 is 0 Å². The Kier molecular flexibility index (Phi) is 7.15. The molecule has 2 aromatic rings. The van der Waals surface area contributed by atoms with Gasteiger partial charge in [0, 0.05) is 12.1 Å². The van der Waals surface area contributed by atoms with Gasteiger partial charge in [-0.1, -0.05) is 56.3 Å². The molecule has 0 radical (unpaired) electrons. The van der Waals surface area contributed by atoms with Crippen LogP contribution in [0, 0.1) is 5.92 Å². The Bertz CT molecular complexity index is 870. The predicted molar refractivity (Wildman–Crippen MR) is 114 cm³/mol. The maximum absolute atomic E-state index is 13.1. The van der Waals surface area contributed by atoms with Crippen molar-refractivity contribution in [2.75, 3.05) is 16.8 Å². The fraction of sp³-hybridized carbons (Fsp3) is 0.348. The van der Waals surface area contributed by atoms with Crippen LogP contribution >= 0.6 is 0 Å². The molecule has 154 valence electrons. The first-order chi connectivity index (χ1) is 13.6. The number of ketones is 1. The van der Waals surface area contributed by atoms with Crippen molar-refractivity contribution in [3.8, 4) is 0 Å². The van der Waals surface area contributed by atoms with E-state index < -0.39 is 23.4 Å². The first-order valence-electron chi connectivity index (χ1n) is 9.59. The van der Waals surface area contributed by atoms with E-state index in [1.807, 2.05) is 13.8 Å². The first-order valence-corrected chi connectivity index (χ1v) is 9.59. The molecular formula is C23H28N2O4. The van der Waals surface area contributed by atoms with Gasteiger partial charge in [-0.05, 0) is 38.8 Å². The molecule has 2 aromatic carbocycles. The quantitative estimate of drug-likeness (QED) is 0.556. The van der Waals surface area contributed by atoms with Gasteiger partial charge in [0.05, 0.1) is 11.4 Å². The lowest BCUT2D eigenvalue weighted by atomic mass is 10.1. The minimum absolute atomic E-state index is 0.108. The normalized spacial score (nSPS) is 11.1. The molecule has 0 bridgehead atoms. The Hall–Kier alpha value is -3.15. The summed E-state index contributed by atoms with van der Waals surface area (Å²) in [6, 6.07) is 15.3. The van der Waals surface area contributed by atoms with Crippen LogP contribution in [0.1, 0.15) is 45.0 Å². The van der Waals surface area contributed by atoms with E-state index in [9.17, 15) is 14.4 Å². The molecule has 0 heterocycles. The summed E-state index contributed by atoms with van der Waals surface area (Å²) < 4.78 is 5.31. The molecule has 0 fully saturated rings. The van der Waals surface area contributed by atoms with Crippen LogP contribution in [0.5, 0.6) is 0 Å². The number of anilines is 2. The summed E-state index contributed by atoms with van der Waals surface area (Å²) in [6.45, 7) is 9.54. The van der Waals surface area contributed by atoms with Gasteiger partial charge in [-0.15, -0.1) is 0 Å². The Morgan fingerprint density at radius 3 is 2.14 bits per heavy atom. The largest absolute Gasteiger partial charge is 0.444 e. The lowest BCUT2D eigenvalue weighted by molar-refractivity contribution is -0.114.